The van der Waals surface area contributed by atoms with Crippen LogP contribution in [0.15, 0.2) is 14.7 Å². The molecule has 1 heterocycles. The number of aromatic nitrogens is 2. The van der Waals surface area contributed by atoms with Crippen LogP contribution in [0.25, 0.3) is 0 Å². The van der Waals surface area contributed by atoms with E-state index in [2.05, 4.69) is 25.8 Å². The molecule has 0 fully saturated rings. The molecule has 1 aromatic rings. The van der Waals surface area contributed by atoms with Crippen LogP contribution in [0.1, 0.15) is 38.4 Å². The normalized spacial score (nSPS) is 12.6. The zero-order valence-corrected chi connectivity index (χ0v) is 16.8. The first-order valence-electron chi connectivity index (χ1n) is 8.18. The lowest BCUT2D eigenvalue weighted by Gasteiger charge is -2.22. The topological polar surface area (TPSA) is 146 Å². The molecular formula is C16H25N5O5S. The van der Waals surface area contributed by atoms with E-state index in [0.29, 0.717) is 17.9 Å². The first kappa shape index (κ1) is 22.5. The molecule has 0 spiro atoms. The standard InChI is InChI=1S/C16H25N5O5S/c1-9-10(12(22)20-14(24)18-9)8-17-21-13(23)11(6-7-27-5)19-15(25)26-16(2,3)4/h8,11H,6-7H2,1-5H3,(H,19,25)(H,21,23)(H2,18,20,22,24)/b17-8+. The fourth-order valence-corrected chi connectivity index (χ4v) is 2.43. The molecule has 150 valence electrons. The Bertz CT molecular complexity index is 809. The maximum atomic E-state index is 12.3. The van der Waals surface area contributed by atoms with Crippen molar-refractivity contribution in [1.29, 1.82) is 0 Å². The summed E-state index contributed by atoms with van der Waals surface area (Å²) < 4.78 is 5.16. The summed E-state index contributed by atoms with van der Waals surface area (Å²) in [6.45, 7) is 6.69. The minimum Gasteiger partial charge on any atom is -0.444 e. The molecule has 0 saturated carbocycles. The number of rotatable bonds is 7. The second-order valence-corrected chi connectivity index (χ2v) is 7.65. The highest BCUT2D eigenvalue weighted by Crippen LogP contribution is 2.08. The van der Waals surface area contributed by atoms with Gasteiger partial charge in [-0.3, -0.25) is 14.6 Å². The number of nitrogens with zero attached hydrogens (tertiary/aromatic N) is 1. The number of alkyl carbamates (subject to hydrolysis) is 1. The molecule has 0 saturated heterocycles. The molecule has 1 atom stereocenters. The maximum absolute atomic E-state index is 12.3. The van der Waals surface area contributed by atoms with Crippen LogP contribution in [-0.2, 0) is 9.53 Å². The average molecular weight is 399 g/mol. The maximum Gasteiger partial charge on any atom is 0.408 e. The number of aryl methyl sites for hydroxylation is 1. The Kier molecular flexibility index (Phi) is 8.29. The molecule has 1 rings (SSSR count). The van der Waals surface area contributed by atoms with Gasteiger partial charge < -0.3 is 15.0 Å². The van der Waals surface area contributed by atoms with E-state index in [0.717, 1.165) is 6.21 Å². The van der Waals surface area contributed by atoms with Gasteiger partial charge in [0.25, 0.3) is 11.5 Å². The summed E-state index contributed by atoms with van der Waals surface area (Å²) in [7, 11) is 0. The van der Waals surface area contributed by atoms with Gasteiger partial charge in [-0.2, -0.15) is 16.9 Å². The Morgan fingerprint density at radius 1 is 1.30 bits per heavy atom. The van der Waals surface area contributed by atoms with Crippen molar-refractivity contribution >= 4 is 30.0 Å². The number of carbonyl (C=O) groups excluding carboxylic acids is 2. The number of amides is 2. The van der Waals surface area contributed by atoms with E-state index in [1.807, 2.05) is 6.26 Å². The number of carbonyl (C=O) groups is 2. The van der Waals surface area contributed by atoms with Gasteiger partial charge in [-0.05, 0) is 46.1 Å². The van der Waals surface area contributed by atoms with E-state index < -0.39 is 34.9 Å². The third kappa shape index (κ3) is 8.11. The van der Waals surface area contributed by atoms with Crippen LogP contribution in [0.5, 0.6) is 0 Å². The second kappa shape index (κ2) is 9.95. The number of H-pyrrole nitrogens is 2. The molecular weight excluding hydrogens is 374 g/mol. The minimum atomic E-state index is -0.848. The summed E-state index contributed by atoms with van der Waals surface area (Å²) in [5, 5.41) is 6.25. The molecule has 0 radical (unpaired) electrons. The summed E-state index contributed by atoms with van der Waals surface area (Å²) in [6, 6.07) is -0.848. The molecule has 4 N–H and O–H groups in total. The van der Waals surface area contributed by atoms with Crippen molar-refractivity contribution in [3.63, 3.8) is 0 Å². The Morgan fingerprint density at radius 3 is 2.52 bits per heavy atom. The lowest BCUT2D eigenvalue weighted by atomic mass is 10.2. The molecule has 0 aromatic carbocycles. The van der Waals surface area contributed by atoms with E-state index >= 15 is 0 Å². The van der Waals surface area contributed by atoms with Gasteiger partial charge in [-0.25, -0.2) is 15.0 Å². The second-order valence-electron chi connectivity index (χ2n) is 6.66. The highest BCUT2D eigenvalue weighted by Gasteiger charge is 2.23. The Labute approximate surface area is 160 Å². The van der Waals surface area contributed by atoms with Gasteiger partial charge in [0.05, 0.1) is 11.8 Å². The zero-order chi connectivity index (χ0) is 20.6. The molecule has 0 aliphatic rings. The number of hydrazone groups is 1. The van der Waals surface area contributed by atoms with Crippen LogP contribution in [0, 0.1) is 6.92 Å². The molecule has 0 aliphatic heterocycles. The first-order valence-corrected chi connectivity index (χ1v) is 9.57. The van der Waals surface area contributed by atoms with E-state index in [1.165, 1.54) is 18.7 Å². The molecule has 27 heavy (non-hydrogen) atoms. The van der Waals surface area contributed by atoms with Gasteiger partial charge >= 0.3 is 11.8 Å². The summed E-state index contributed by atoms with van der Waals surface area (Å²) in [6.07, 6.45) is 2.67. The van der Waals surface area contributed by atoms with Crippen LogP contribution < -0.4 is 22.0 Å². The fraction of sp³-hybridized carbons (Fsp3) is 0.562. The molecule has 0 bridgehead atoms. The molecule has 10 nitrogen and oxygen atoms in total. The monoisotopic (exact) mass is 399 g/mol. The van der Waals surface area contributed by atoms with Crippen molar-refractivity contribution in [2.45, 2.75) is 45.8 Å². The Balaban J connectivity index is 2.80. The van der Waals surface area contributed by atoms with Crippen molar-refractivity contribution in [2.75, 3.05) is 12.0 Å². The summed E-state index contributed by atoms with van der Waals surface area (Å²) in [5.41, 5.74) is 0.762. The van der Waals surface area contributed by atoms with Crippen LogP contribution in [0.2, 0.25) is 0 Å². The van der Waals surface area contributed by atoms with Crippen LogP contribution in [0.4, 0.5) is 4.79 Å². The minimum absolute atomic E-state index is 0.107. The van der Waals surface area contributed by atoms with Crippen LogP contribution in [0.3, 0.4) is 0 Å². The molecule has 1 aromatic heterocycles. The number of aromatic amines is 2. The predicted molar refractivity (Wildman–Crippen MR) is 104 cm³/mol. The molecule has 1 unspecified atom stereocenters. The van der Waals surface area contributed by atoms with Crippen molar-refractivity contribution in [2.24, 2.45) is 5.10 Å². The number of nitrogens with one attached hydrogen (secondary N) is 4. The van der Waals surface area contributed by atoms with Gasteiger partial charge in [-0.1, -0.05) is 0 Å². The smallest absolute Gasteiger partial charge is 0.408 e. The van der Waals surface area contributed by atoms with Gasteiger partial charge in [0.15, 0.2) is 0 Å². The third-order valence-electron chi connectivity index (χ3n) is 3.16. The quantitative estimate of drug-likeness (QED) is 0.387. The van der Waals surface area contributed by atoms with Crippen LogP contribution >= 0.6 is 11.8 Å². The molecule has 11 heteroatoms. The Morgan fingerprint density at radius 2 is 1.96 bits per heavy atom. The largest absolute Gasteiger partial charge is 0.444 e. The number of hydrogen-bond acceptors (Lipinski definition) is 7. The van der Waals surface area contributed by atoms with Gasteiger partial charge in [-0.15, -0.1) is 0 Å². The number of ether oxygens (including phenoxy) is 1. The first-order chi connectivity index (χ1) is 12.5. The highest BCUT2D eigenvalue weighted by atomic mass is 32.2. The summed E-state index contributed by atoms with van der Waals surface area (Å²) in [5.74, 6) is 0.0840. The van der Waals surface area contributed by atoms with E-state index in [-0.39, 0.29) is 5.56 Å². The van der Waals surface area contributed by atoms with Gasteiger partial charge in [0.1, 0.15) is 11.6 Å². The van der Waals surface area contributed by atoms with E-state index in [1.54, 1.807) is 20.8 Å². The predicted octanol–water partition coefficient (Wildman–Crippen LogP) is 0.468. The SMILES string of the molecule is CSCCC(NC(=O)OC(C)(C)C)C(=O)N/N=C/c1c(C)[nH]c(=O)[nH]c1=O. The van der Waals surface area contributed by atoms with E-state index in [4.69, 9.17) is 4.74 Å². The van der Waals surface area contributed by atoms with Gasteiger partial charge in [0.2, 0.25) is 0 Å². The lowest BCUT2D eigenvalue weighted by Crippen LogP contribution is -2.47. The number of hydrogen-bond donors (Lipinski definition) is 4. The van der Waals surface area contributed by atoms with Gasteiger partial charge in [0, 0.05) is 5.69 Å². The fourth-order valence-electron chi connectivity index (χ4n) is 1.96. The van der Waals surface area contributed by atoms with Crippen LogP contribution in [-0.4, -0.2) is 51.8 Å². The Hall–Kier alpha value is -2.56. The summed E-state index contributed by atoms with van der Waals surface area (Å²) in [4.78, 5) is 51.6. The third-order valence-corrected chi connectivity index (χ3v) is 3.81. The van der Waals surface area contributed by atoms with Crippen molar-refractivity contribution in [3.8, 4) is 0 Å². The highest BCUT2D eigenvalue weighted by molar-refractivity contribution is 7.98. The summed E-state index contributed by atoms with van der Waals surface area (Å²) >= 11 is 1.52. The van der Waals surface area contributed by atoms with Crippen molar-refractivity contribution < 1.29 is 14.3 Å². The lowest BCUT2D eigenvalue weighted by molar-refractivity contribution is -0.123. The zero-order valence-electron chi connectivity index (χ0n) is 16.0. The average Bonchev–Trinajstić information content (AvgIpc) is 2.51. The number of thioether (sulfide) groups is 1. The molecule has 2 amide bonds. The molecule has 0 aliphatic carbocycles. The van der Waals surface area contributed by atoms with Crippen molar-refractivity contribution in [3.05, 3.63) is 32.1 Å². The van der Waals surface area contributed by atoms with Crippen molar-refractivity contribution in [1.82, 2.24) is 20.7 Å². The van der Waals surface area contributed by atoms with E-state index in [9.17, 15) is 19.2 Å².